The van der Waals surface area contributed by atoms with Gasteiger partial charge in [0.25, 0.3) is 0 Å². The number of nitrogens with zero attached hydrogens (tertiary/aromatic N) is 1. The molecule has 0 aromatic heterocycles. The van der Waals surface area contributed by atoms with E-state index in [-0.39, 0.29) is 6.10 Å². The van der Waals surface area contributed by atoms with E-state index < -0.39 is 0 Å². The first-order valence-electron chi connectivity index (χ1n) is 7.67. The first-order chi connectivity index (χ1) is 10.5. The normalized spacial score (nSPS) is 19.2. The zero-order chi connectivity index (χ0) is 15.9. The highest BCUT2D eigenvalue weighted by Crippen LogP contribution is 2.13. The van der Waals surface area contributed by atoms with Gasteiger partial charge in [0, 0.05) is 36.9 Å². The number of morpholine rings is 1. The quantitative estimate of drug-likeness (QED) is 0.805. The molecule has 1 aromatic rings. The number of hydrogen-bond donors (Lipinski definition) is 2. The lowest BCUT2D eigenvalue weighted by atomic mass is 10.2. The predicted molar refractivity (Wildman–Crippen MR) is 96.7 cm³/mol. The molecule has 0 amide bonds. The fourth-order valence-corrected chi connectivity index (χ4v) is 2.83. The van der Waals surface area contributed by atoms with Crippen molar-refractivity contribution < 1.29 is 4.74 Å². The van der Waals surface area contributed by atoms with Crippen LogP contribution in [0.3, 0.4) is 0 Å². The molecule has 0 radical (unpaired) electrons. The maximum Gasteiger partial charge on any atom is 0.170 e. The van der Waals surface area contributed by atoms with E-state index in [2.05, 4.69) is 29.4 Å². The van der Waals surface area contributed by atoms with Gasteiger partial charge in [-0.15, -0.1) is 0 Å². The fourth-order valence-electron chi connectivity index (χ4n) is 2.50. The molecule has 0 spiro atoms. The second-order valence-electron chi connectivity index (χ2n) is 5.99. The number of nitrogens with one attached hydrogen (secondary N) is 2. The van der Waals surface area contributed by atoms with Crippen LogP contribution in [0.5, 0.6) is 0 Å². The Balaban J connectivity index is 1.72. The van der Waals surface area contributed by atoms with Crippen LogP contribution in [0, 0.1) is 5.92 Å². The molecule has 1 aliphatic heterocycles. The van der Waals surface area contributed by atoms with Gasteiger partial charge in [0.2, 0.25) is 0 Å². The molecule has 1 fully saturated rings. The molecular formula is C16H24ClN3OS. The van der Waals surface area contributed by atoms with E-state index in [9.17, 15) is 0 Å². The van der Waals surface area contributed by atoms with Crippen LogP contribution in [0.15, 0.2) is 24.3 Å². The highest BCUT2D eigenvalue weighted by molar-refractivity contribution is 7.80. The second kappa shape index (κ2) is 8.67. The van der Waals surface area contributed by atoms with Crippen LogP contribution in [0.1, 0.15) is 13.8 Å². The molecule has 1 aromatic carbocycles. The topological polar surface area (TPSA) is 36.5 Å². The maximum absolute atomic E-state index is 5.86. The van der Waals surface area contributed by atoms with Crippen molar-refractivity contribution in [3.63, 3.8) is 0 Å². The summed E-state index contributed by atoms with van der Waals surface area (Å²) in [7, 11) is 0. The summed E-state index contributed by atoms with van der Waals surface area (Å²) < 4.78 is 5.80. The number of rotatable bonds is 5. The van der Waals surface area contributed by atoms with Crippen molar-refractivity contribution in [2.45, 2.75) is 20.0 Å². The minimum atomic E-state index is 0.178. The molecule has 0 unspecified atom stereocenters. The molecular weight excluding hydrogens is 318 g/mol. The lowest BCUT2D eigenvalue weighted by molar-refractivity contribution is -0.0283. The summed E-state index contributed by atoms with van der Waals surface area (Å²) in [6.45, 7) is 9.08. The van der Waals surface area contributed by atoms with E-state index in [4.69, 9.17) is 28.6 Å². The third-order valence-electron chi connectivity index (χ3n) is 3.44. The Bertz CT molecular complexity index is 481. The number of halogens is 1. The second-order valence-corrected chi connectivity index (χ2v) is 6.83. The molecule has 0 saturated carbocycles. The average Bonchev–Trinajstić information content (AvgIpc) is 2.47. The van der Waals surface area contributed by atoms with E-state index in [0.717, 1.165) is 31.9 Å². The van der Waals surface area contributed by atoms with E-state index in [0.29, 0.717) is 22.6 Å². The van der Waals surface area contributed by atoms with Crippen LogP contribution < -0.4 is 10.6 Å². The first kappa shape index (κ1) is 17.5. The maximum atomic E-state index is 5.86. The molecule has 4 nitrogen and oxygen atoms in total. The van der Waals surface area contributed by atoms with Gasteiger partial charge in [-0.25, -0.2) is 0 Å². The van der Waals surface area contributed by atoms with Gasteiger partial charge in [0.15, 0.2) is 5.11 Å². The van der Waals surface area contributed by atoms with E-state index in [1.807, 2.05) is 24.3 Å². The number of hydrogen-bond acceptors (Lipinski definition) is 3. The van der Waals surface area contributed by atoms with E-state index >= 15 is 0 Å². The lowest BCUT2D eigenvalue weighted by Gasteiger charge is -2.34. The summed E-state index contributed by atoms with van der Waals surface area (Å²) in [6.07, 6.45) is 0.178. The van der Waals surface area contributed by atoms with Gasteiger partial charge in [-0.3, -0.25) is 4.90 Å². The van der Waals surface area contributed by atoms with Crippen molar-refractivity contribution in [2.24, 2.45) is 5.92 Å². The van der Waals surface area contributed by atoms with Gasteiger partial charge in [0.05, 0.1) is 12.7 Å². The largest absolute Gasteiger partial charge is 0.374 e. The third kappa shape index (κ3) is 6.08. The van der Waals surface area contributed by atoms with Gasteiger partial charge in [0.1, 0.15) is 0 Å². The summed E-state index contributed by atoms with van der Waals surface area (Å²) in [5.74, 6) is 0.680. The Hall–Kier alpha value is -0.880. The molecule has 1 atom stereocenters. The molecule has 6 heteroatoms. The first-order valence-corrected chi connectivity index (χ1v) is 8.46. The van der Waals surface area contributed by atoms with Gasteiger partial charge in [-0.1, -0.05) is 25.4 Å². The summed E-state index contributed by atoms with van der Waals surface area (Å²) in [4.78, 5) is 2.45. The molecule has 2 rings (SSSR count). The molecule has 122 valence electrons. The van der Waals surface area contributed by atoms with Gasteiger partial charge in [-0.2, -0.15) is 0 Å². The molecule has 1 aliphatic rings. The van der Waals surface area contributed by atoms with E-state index in [1.54, 1.807) is 0 Å². The van der Waals surface area contributed by atoms with Crippen molar-refractivity contribution in [1.82, 2.24) is 10.2 Å². The van der Waals surface area contributed by atoms with Crippen LogP contribution in [0.4, 0.5) is 5.69 Å². The minimum Gasteiger partial charge on any atom is -0.374 e. The Kier molecular flexibility index (Phi) is 6.89. The van der Waals surface area contributed by atoms with Crippen LogP contribution in [0.25, 0.3) is 0 Å². The highest BCUT2D eigenvalue weighted by Gasteiger charge is 2.20. The Morgan fingerprint density at radius 1 is 1.41 bits per heavy atom. The van der Waals surface area contributed by atoms with Crippen molar-refractivity contribution in [3.05, 3.63) is 29.3 Å². The molecule has 2 N–H and O–H groups in total. The zero-order valence-electron chi connectivity index (χ0n) is 13.1. The minimum absolute atomic E-state index is 0.178. The Labute approximate surface area is 143 Å². The number of thiocarbonyl (C=S) groups is 1. The monoisotopic (exact) mass is 341 g/mol. The fraction of sp³-hybridized carbons (Fsp3) is 0.562. The molecule has 1 heterocycles. The van der Waals surface area contributed by atoms with Gasteiger partial charge < -0.3 is 15.4 Å². The summed E-state index contributed by atoms with van der Waals surface area (Å²) >= 11 is 11.2. The average molecular weight is 342 g/mol. The number of ether oxygens (including phenoxy) is 1. The van der Waals surface area contributed by atoms with Crippen molar-refractivity contribution in [3.8, 4) is 0 Å². The Morgan fingerprint density at radius 2 is 2.14 bits per heavy atom. The summed E-state index contributed by atoms with van der Waals surface area (Å²) in [5, 5.41) is 7.69. The highest BCUT2D eigenvalue weighted by atomic mass is 35.5. The van der Waals surface area contributed by atoms with Crippen LogP contribution >= 0.6 is 23.8 Å². The van der Waals surface area contributed by atoms with Crippen molar-refractivity contribution in [2.75, 3.05) is 38.1 Å². The SMILES string of the molecule is CC(C)CN1CCO[C@@H](CNC(=S)Nc2ccc(Cl)cc2)C1. The molecule has 0 aliphatic carbocycles. The van der Waals surface area contributed by atoms with Crippen LogP contribution in [-0.2, 0) is 4.74 Å². The molecule has 1 saturated heterocycles. The van der Waals surface area contributed by atoms with Crippen molar-refractivity contribution >= 4 is 34.6 Å². The summed E-state index contributed by atoms with van der Waals surface area (Å²) in [6, 6.07) is 7.47. The Morgan fingerprint density at radius 3 is 2.82 bits per heavy atom. The number of anilines is 1. The van der Waals surface area contributed by atoms with Crippen molar-refractivity contribution in [1.29, 1.82) is 0 Å². The lowest BCUT2D eigenvalue weighted by Crippen LogP contribution is -2.48. The molecule has 22 heavy (non-hydrogen) atoms. The standard InChI is InChI=1S/C16H24ClN3OS/c1-12(2)10-20-7-8-21-15(11-20)9-18-16(22)19-14-5-3-13(17)4-6-14/h3-6,12,15H,7-11H2,1-2H3,(H2,18,19,22)/t15-/m0/s1. The zero-order valence-corrected chi connectivity index (χ0v) is 14.7. The summed E-state index contributed by atoms with van der Waals surface area (Å²) in [5.41, 5.74) is 0.924. The number of benzene rings is 1. The third-order valence-corrected chi connectivity index (χ3v) is 3.94. The molecule has 0 bridgehead atoms. The predicted octanol–water partition coefficient (Wildman–Crippen LogP) is 2.98. The van der Waals surface area contributed by atoms with Gasteiger partial charge >= 0.3 is 0 Å². The van der Waals surface area contributed by atoms with Crippen LogP contribution in [0.2, 0.25) is 5.02 Å². The smallest absolute Gasteiger partial charge is 0.170 e. The van der Waals surface area contributed by atoms with Crippen LogP contribution in [-0.4, -0.2) is 48.9 Å². The van der Waals surface area contributed by atoms with E-state index in [1.165, 1.54) is 0 Å². The van der Waals surface area contributed by atoms with Gasteiger partial charge in [-0.05, 0) is 42.4 Å².